The molecule has 7 rings (SSSR count). The van der Waals surface area contributed by atoms with Gasteiger partial charge < -0.3 is 5.73 Å². The number of H-pyrrole nitrogens is 1. The molecule has 0 saturated carbocycles. The molecule has 0 aliphatic rings. The lowest BCUT2D eigenvalue weighted by Gasteiger charge is -2.13. The number of halogens is 2. The van der Waals surface area contributed by atoms with Crippen molar-refractivity contribution in [2.24, 2.45) is 5.73 Å². The predicted octanol–water partition coefficient (Wildman–Crippen LogP) is 6.93. The summed E-state index contributed by atoms with van der Waals surface area (Å²) < 4.78 is 1.95. The second kappa shape index (κ2) is 11.5. The van der Waals surface area contributed by atoms with Crippen LogP contribution in [-0.4, -0.2) is 34.8 Å². The van der Waals surface area contributed by atoms with Crippen LogP contribution in [0.4, 0.5) is 0 Å². The first kappa shape index (κ1) is 27.9. The summed E-state index contributed by atoms with van der Waals surface area (Å²) in [6, 6.07) is 30.4. The third-order valence-electron chi connectivity index (χ3n) is 6.91. The number of aromatic amines is 1. The molecule has 1 atom stereocenters. The number of aromatic nitrogens is 7. The summed E-state index contributed by atoms with van der Waals surface area (Å²) >= 11 is 0. The molecular formula is C31H26Cl2N8. The molecule has 0 aliphatic heterocycles. The van der Waals surface area contributed by atoms with Gasteiger partial charge in [-0.1, -0.05) is 60.7 Å². The Bertz CT molecular complexity index is 1930. The Labute approximate surface area is 248 Å². The van der Waals surface area contributed by atoms with Gasteiger partial charge in [0.25, 0.3) is 0 Å². The van der Waals surface area contributed by atoms with Gasteiger partial charge in [0.05, 0.1) is 22.6 Å². The minimum Gasteiger partial charge on any atom is -0.324 e. The van der Waals surface area contributed by atoms with Gasteiger partial charge in [0.15, 0.2) is 11.5 Å². The molecule has 0 radical (unpaired) electrons. The van der Waals surface area contributed by atoms with Crippen LogP contribution in [0.3, 0.4) is 0 Å². The van der Waals surface area contributed by atoms with Crippen molar-refractivity contribution in [3.05, 3.63) is 109 Å². The first-order chi connectivity index (χ1) is 19.2. The fraction of sp³-hybridized carbons (Fsp3) is 0.0645. The molecular weight excluding hydrogens is 555 g/mol. The van der Waals surface area contributed by atoms with Crippen LogP contribution in [0.5, 0.6) is 0 Å². The van der Waals surface area contributed by atoms with E-state index < -0.39 is 0 Å². The standard InChI is InChI=1S/C31H24N8.2ClH/c1-19(32)20-10-12-22(13-11-20)29-23(21-7-3-2-4-8-21)17-24-25(34-29)14-16-39-30(24)37-38-31(39)28-18-27(35-36-28)26-9-5-6-15-33-26;;/h2-19H,32H2,1H3,(H,35,36);2*1H/t19-;;/m1../s1. The van der Waals surface area contributed by atoms with Crippen molar-refractivity contribution in [1.82, 2.24) is 34.8 Å². The number of pyridine rings is 3. The van der Waals surface area contributed by atoms with Gasteiger partial charge in [0.1, 0.15) is 5.69 Å². The maximum Gasteiger partial charge on any atom is 0.188 e. The van der Waals surface area contributed by atoms with Crippen molar-refractivity contribution in [3.8, 4) is 45.3 Å². The number of nitrogens with one attached hydrogen (secondary N) is 1. The fourth-order valence-corrected chi connectivity index (χ4v) is 4.86. The molecule has 204 valence electrons. The van der Waals surface area contributed by atoms with E-state index in [1.165, 1.54) is 0 Å². The minimum absolute atomic E-state index is 0. The molecule has 8 nitrogen and oxygen atoms in total. The zero-order valence-electron chi connectivity index (χ0n) is 22.0. The Balaban J connectivity index is 0.00000169. The second-order valence-corrected chi connectivity index (χ2v) is 9.51. The Morgan fingerprint density at radius 1 is 0.805 bits per heavy atom. The van der Waals surface area contributed by atoms with E-state index in [1.54, 1.807) is 6.20 Å². The van der Waals surface area contributed by atoms with Crippen molar-refractivity contribution in [3.63, 3.8) is 0 Å². The molecule has 0 aliphatic carbocycles. The third-order valence-corrected chi connectivity index (χ3v) is 6.91. The molecule has 41 heavy (non-hydrogen) atoms. The molecule has 10 heteroatoms. The molecule has 5 heterocycles. The minimum atomic E-state index is -0.0258. The van der Waals surface area contributed by atoms with Gasteiger partial charge in [0, 0.05) is 34.9 Å². The zero-order chi connectivity index (χ0) is 26.3. The van der Waals surface area contributed by atoms with E-state index in [0.717, 1.165) is 50.2 Å². The average Bonchev–Trinajstić information content (AvgIpc) is 3.65. The van der Waals surface area contributed by atoms with Gasteiger partial charge in [-0.15, -0.1) is 35.0 Å². The van der Waals surface area contributed by atoms with Crippen molar-refractivity contribution in [2.45, 2.75) is 13.0 Å². The summed E-state index contributed by atoms with van der Waals surface area (Å²) in [6.07, 6.45) is 3.70. The lowest BCUT2D eigenvalue weighted by molar-refractivity contribution is 0.818. The largest absolute Gasteiger partial charge is 0.324 e. The molecule has 2 aromatic carbocycles. The van der Waals surface area contributed by atoms with E-state index in [1.807, 2.05) is 66.1 Å². The van der Waals surface area contributed by atoms with Gasteiger partial charge in [-0.3, -0.25) is 14.5 Å². The molecule has 5 aromatic heterocycles. The summed E-state index contributed by atoms with van der Waals surface area (Å²) in [6.45, 7) is 1.99. The van der Waals surface area contributed by atoms with Gasteiger partial charge >= 0.3 is 0 Å². The first-order valence-electron chi connectivity index (χ1n) is 12.7. The number of nitrogens with zero attached hydrogens (tertiary/aromatic N) is 6. The highest BCUT2D eigenvalue weighted by atomic mass is 35.5. The Morgan fingerprint density at radius 3 is 2.32 bits per heavy atom. The van der Waals surface area contributed by atoms with Crippen LogP contribution in [0, 0.1) is 0 Å². The van der Waals surface area contributed by atoms with E-state index in [0.29, 0.717) is 17.2 Å². The van der Waals surface area contributed by atoms with Crippen LogP contribution in [0.15, 0.2) is 103 Å². The quantitative estimate of drug-likeness (QED) is 0.228. The number of benzene rings is 2. The second-order valence-electron chi connectivity index (χ2n) is 9.51. The molecule has 7 aromatic rings. The molecule has 3 N–H and O–H groups in total. The summed E-state index contributed by atoms with van der Waals surface area (Å²) in [5.74, 6) is 0.641. The number of rotatable bonds is 5. The Kier molecular flexibility index (Phi) is 7.81. The number of hydrogen-bond donors (Lipinski definition) is 2. The summed E-state index contributed by atoms with van der Waals surface area (Å²) in [7, 11) is 0. The van der Waals surface area contributed by atoms with E-state index in [9.17, 15) is 0 Å². The highest BCUT2D eigenvalue weighted by Crippen LogP contribution is 2.35. The lowest BCUT2D eigenvalue weighted by Crippen LogP contribution is -2.04. The van der Waals surface area contributed by atoms with E-state index in [-0.39, 0.29) is 30.9 Å². The van der Waals surface area contributed by atoms with Crippen LogP contribution in [-0.2, 0) is 0 Å². The van der Waals surface area contributed by atoms with E-state index in [2.05, 4.69) is 67.8 Å². The highest BCUT2D eigenvalue weighted by molar-refractivity contribution is 5.98. The molecule has 0 amide bonds. The maximum atomic E-state index is 6.09. The molecule has 0 fully saturated rings. The average molecular weight is 582 g/mol. The number of fused-ring (bicyclic) bond motifs is 3. The van der Waals surface area contributed by atoms with Gasteiger partial charge in [-0.25, -0.2) is 4.98 Å². The predicted molar refractivity (Wildman–Crippen MR) is 167 cm³/mol. The van der Waals surface area contributed by atoms with E-state index in [4.69, 9.17) is 10.7 Å². The molecule has 0 bridgehead atoms. The van der Waals surface area contributed by atoms with Crippen LogP contribution in [0.2, 0.25) is 0 Å². The van der Waals surface area contributed by atoms with Gasteiger partial charge in [0.2, 0.25) is 0 Å². The zero-order valence-corrected chi connectivity index (χ0v) is 23.6. The maximum absolute atomic E-state index is 6.09. The van der Waals surface area contributed by atoms with E-state index >= 15 is 0 Å². The van der Waals surface area contributed by atoms with Crippen LogP contribution in [0.1, 0.15) is 18.5 Å². The van der Waals surface area contributed by atoms with Gasteiger partial charge in [-0.2, -0.15) is 5.10 Å². The monoisotopic (exact) mass is 580 g/mol. The molecule has 0 spiro atoms. The number of hydrogen-bond acceptors (Lipinski definition) is 6. The topological polar surface area (TPSA) is 111 Å². The molecule has 0 saturated heterocycles. The van der Waals surface area contributed by atoms with Crippen LogP contribution in [0.25, 0.3) is 61.8 Å². The smallest absolute Gasteiger partial charge is 0.188 e. The van der Waals surface area contributed by atoms with Crippen molar-refractivity contribution < 1.29 is 0 Å². The highest BCUT2D eigenvalue weighted by Gasteiger charge is 2.18. The van der Waals surface area contributed by atoms with Crippen LogP contribution < -0.4 is 5.73 Å². The fourth-order valence-electron chi connectivity index (χ4n) is 4.86. The normalized spacial score (nSPS) is 11.7. The van der Waals surface area contributed by atoms with Crippen molar-refractivity contribution >= 4 is 41.4 Å². The third kappa shape index (κ3) is 5.04. The van der Waals surface area contributed by atoms with Crippen molar-refractivity contribution in [1.29, 1.82) is 0 Å². The van der Waals surface area contributed by atoms with Crippen LogP contribution >= 0.6 is 24.8 Å². The summed E-state index contributed by atoms with van der Waals surface area (Å²) in [5, 5.41) is 17.5. The lowest BCUT2D eigenvalue weighted by atomic mass is 9.96. The van der Waals surface area contributed by atoms with Crippen molar-refractivity contribution in [2.75, 3.05) is 0 Å². The summed E-state index contributed by atoms with van der Waals surface area (Å²) in [4.78, 5) is 9.53. The van der Waals surface area contributed by atoms with Gasteiger partial charge in [-0.05, 0) is 48.4 Å². The Morgan fingerprint density at radius 2 is 1.59 bits per heavy atom. The Hall–Kier alpha value is -4.63. The SMILES string of the molecule is C[C@@H](N)c1ccc(-c2nc3ccn4c(-c5cc(-c6ccccn6)[nH]n5)nnc4c3cc2-c2ccccc2)cc1.Cl.Cl. The summed E-state index contributed by atoms with van der Waals surface area (Å²) in [5.41, 5.74) is 15.1. The first-order valence-corrected chi connectivity index (χ1v) is 12.7. The number of nitrogens with two attached hydrogens (primary N) is 1. The molecule has 0 unspecified atom stereocenters.